The van der Waals surface area contributed by atoms with Gasteiger partial charge >= 0.3 is 0 Å². The maximum Gasteiger partial charge on any atom is 0.240 e. The van der Waals surface area contributed by atoms with Gasteiger partial charge in [-0.05, 0) is 70.5 Å². The van der Waals surface area contributed by atoms with Crippen LogP contribution in [-0.4, -0.2) is 12.2 Å². The number of carbonyl (C=O) groups excluding carboxylic acids is 2. The van der Waals surface area contributed by atoms with Crippen LogP contribution in [0.5, 0.6) is 0 Å². The van der Waals surface area contributed by atoms with Gasteiger partial charge in [0.05, 0.1) is 11.4 Å². The Bertz CT molecular complexity index is 1170. The van der Waals surface area contributed by atoms with Crippen LogP contribution in [0.25, 0.3) is 11.1 Å². The lowest BCUT2D eigenvalue weighted by molar-refractivity contribution is 0.564. The summed E-state index contributed by atoms with van der Waals surface area (Å²) in [6.45, 7) is 0. The fraction of sp³-hybridized carbons (Fsp3) is 0.0714. The lowest BCUT2D eigenvalue weighted by Gasteiger charge is -2.07. The number of isocyanates is 2. The van der Waals surface area contributed by atoms with Gasteiger partial charge in [-0.2, -0.15) is 9.98 Å². The van der Waals surface area contributed by atoms with Crippen LogP contribution >= 0.6 is 0 Å². The van der Waals surface area contributed by atoms with Crippen molar-refractivity contribution < 1.29 is 9.59 Å². The van der Waals surface area contributed by atoms with Crippen molar-refractivity contribution in [2.45, 2.75) is 12.8 Å². The summed E-state index contributed by atoms with van der Waals surface area (Å²) < 4.78 is 0. The molecular weight excluding hydrogens is 396 g/mol. The van der Waals surface area contributed by atoms with E-state index < -0.39 is 0 Å². The number of hydrogen-bond acceptors (Lipinski definition) is 4. The van der Waals surface area contributed by atoms with Crippen LogP contribution in [-0.2, 0) is 22.4 Å². The molecule has 0 N–H and O–H groups in total. The van der Waals surface area contributed by atoms with Crippen molar-refractivity contribution in [1.82, 2.24) is 0 Å². The van der Waals surface area contributed by atoms with E-state index in [4.69, 9.17) is 0 Å². The third-order valence-electron chi connectivity index (χ3n) is 5.28. The highest BCUT2D eigenvalue weighted by Crippen LogP contribution is 2.23. The van der Waals surface area contributed by atoms with Gasteiger partial charge in [0.15, 0.2) is 0 Å². The minimum atomic E-state index is 0.617. The summed E-state index contributed by atoms with van der Waals surface area (Å²) in [5.74, 6) is 0. The van der Waals surface area contributed by atoms with Gasteiger partial charge in [0, 0.05) is 0 Å². The molecule has 0 saturated heterocycles. The van der Waals surface area contributed by atoms with Crippen molar-refractivity contribution >= 4 is 23.5 Å². The normalized spacial score (nSPS) is 10.1. The summed E-state index contributed by atoms with van der Waals surface area (Å²) in [5.41, 5.74) is 8.35. The minimum Gasteiger partial charge on any atom is -0.211 e. The molecule has 4 aromatic rings. The molecule has 0 spiro atoms. The number of aliphatic imine (C=N–C) groups is 2. The summed E-state index contributed by atoms with van der Waals surface area (Å²) in [4.78, 5) is 27.9. The van der Waals surface area contributed by atoms with E-state index in [2.05, 4.69) is 58.5 Å². The van der Waals surface area contributed by atoms with E-state index in [0.717, 1.165) is 24.0 Å². The van der Waals surface area contributed by atoms with Crippen LogP contribution in [0.3, 0.4) is 0 Å². The van der Waals surface area contributed by atoms with E-state index in [-0.39, 0.29) is 0 Å². The summed E-state index contributed by atoms with van der Waals surface area (Å²) >= 11 is 0. The largest absolute Gasteiger partial charge is 0.240 e. The van der Waals surface area contributed by atoms with Crippen LogP contribution < -0.4 is 0 Å². The first-order valence-corrected chi connectivity index (χ1v) is 10.3. The van der Waals surface area contributed by atoms with Gasteiger partial charge in [-0.1, -0.05) is 72.8 Å². The molecule has 0 saturated carbocycles. The van der Waals surface area contributed by atoms with Gasteiger partial charge in [0.25, 0.3) is 0 Å². The monoisotopic (exact) mass is 416 g/mol. The molecule has 0 atom stereocenters. The highest BCUT2D eigenvalue weighted by atomic mass is 16.1. The van der Waals surface area contributed by atoms with Gasteiger partial charge in [-0.15, -0.1) is 0 Å². The van der Waals surface area contributed by atoms with Crippen LogP contribution in [0.2, 0.25) is 0 Å². The van der Waals surface area contributed by atoms with Crippen molar-refractivity contribution in [1.29, 1.82) is 0 Å². The summed E-state index contributed by atoms with van der Waals surface area (Å²) in [7, 11) is 0. The van der Waals surface area contributed by atoms with Gasteiger partial charge < -0.3 is 0 Å². The van der Waals surface area contributed by atoms with Crippen LogP contribution in [0.15, 0.2) is 107 Å². The quantitative estimate of drug-likeness (QED) is 0.256. The summed E-state index contributed by atoms with van der Waals surface area (Å²) in [6, 6.07) is 32.3. The third kappa shape index (κ3) is 5.41. The van der Waals surface area contributed by atoms with Gasteiger partial charge in [0.2, 0.25) is 12.2 Å². The first kappa shape index (κ1) is 20.9. The lowest BCUT2D eigenvalue weighted by atomic mass is 9.98. The molecular formula is C28H20N2O2. The Morgan fingerprint density at radius 3 is 1.00 bits per heavy atom. The van der Waals surface area contributed by atoms with Crippen molar-refractivity contribution in [3.63, 3.8) is 0 Å². The molecule has 0 amide bonds. The molecule has 0 aromatic heterocycles. The Morgan fingerprint density at radius 2 is 0.719 bits per heavy atom. The van der Waals surface area contributed by atoms with Gasteiger partial charge in [-0.3, -0.25) is 0 Å². The topological polar surface area (TPSA) is 58.9 Å². The molecule has 0 radical (unpaired) electrons. The predicted molar refractivity (Wildman–Crippen MR) is 126 cm³/mol. The number of benzene rings is 4. The second-order valence-corrected chi connectivity index (χ2v) is 7.49. The molecule has 0 bridgehead atoms. The Hall–Kier alpha value is -4.36. The van der Waals surface area contributed by atoms with E-state index >= 15 is 0 Å². The van der Waals surface area contributed by atoms with E-state index in [1.54, 1.807) is 12.2 Å². The molecule has 154 valence electrons. The van der Waals surface area contributed by atoms with E-state index in [9.17, 15) is 9.59 Å². The van der Waals surface area contributed by atoms with Gasteiger partial charge in [0.1, 0.15) is 0 Å². The average Bonchev–Trinajstić information content (AvgIpc) is 2.83. The van der Waals surface area contributed by atoms with E-state index in [1.807, 2.05) is 48.5 Å². The molecule has 0 aliphatic rings. The predicted octanol–water partition coefficient (Wildman–Crippen LogP) is 6.47. The average molecular weight is 416 g/mol. The number of hydrogen-bond donors (Lipinski definition) is 0. The Kier molecular flexibility index (Phi) is 6.60. The second-order valence-electron chi connectivity index (χ2n) is 7.49. The van der Waals surface area contributed by atoms with Gasteiger partial charge in [-0.25, -0.2) is 9.59 Å². The zero-order valence-corrected chi connectivity index (χ0v) is 17.4. The van der Waals surface area contributed by atoms with E-state index in [1.165, 1.54) is 22.3 Å². The Balaban J connectivity index is 1.40. The molecule has 4 nitrogen and oxygen atoms in total. The molecule has 4 rings (SSSR count). The van der Waals surface area contributed by atoms with Crippen molar-refractivity contribution in [3.05, 3.63) is 119 Å². The van der Waals surface area contributed by atoms with E-state index in [0.29, 0.717) is 11.4 Å². The molecule has 0 heterocycles. The standard InChI is InChI=1S/C28H20N2O2/c31-19-29-27-13-5-23(6-14-27)17-21-1-9-25(10-2-21)26-11-3-22(4-12-26)18-24-7-15-28(16-8-24)30-20-32/h1-16H,17-18H2. The molecule has 4 heteroatoms. The maximum absolute atomic E-state index is 10.3. The maximum atomic E-state index is 10.3. The smallest absolute Gasteiger partial charge is 0.211 e. The second kappa shape index (κ2) is 10.1. The lowest BCUT2D eigenvalue weighted by Crippen LogP contribution is -1.89. The van der Waals surface area contributed by atoms with Crippen LogP contribution in [0.4, 0.5) is 11.4 Å². The molecule has 0 aliphatic carbocycles. The molecule has 0 unspecified atom stereocenters. The summed E-state index contributed by atoms with van der Waals surface area (Å²) in [6.07, 6.45) is 4.75. The first-order chi connectivity index (χ1) is 15.7. The first-order valence-electron chi connectivity index (χ1n) is 10.3. The molecule has 4 aromatic carbocycles. The fourth-order valence-electron chi connectivity index (χ4n) is 3.58. The number of rotatable bonds is 7. The highest BCUT2D eigenvalue weighted by Gasteiger charge is 2.02. The molecule has 32 heavy (non-hydrogen) atoms. The minimum absolute atomic E-state index is 0.617. The zero-order chi connectivity index (χ0) is 22.2. The molecule has 0 aliphatic heterocycles. The SMILES string of the molecule is O=C=Nc1ccc(Cc2ccc(-c3ccc(Cc4ccc(N=C=O)cc4)cc3)cc2)cc1. The van der Waals surface area contributed by atoms with Crippen molar-refractivity contribution in [3.8, 4) is 11.1 Å². The zero-order valence-electron chi connectivity index (χ0n) is 17.4. The van der Waals surface area contributed by atoms with Crippen LogP contribution in [0, 0.1) is 0 Å². The van der Waals surface area contributed by atoms with Crippen molar-refractivity contribution in [2.75, 3.05) is 0 Å². The van der Waals surface area contributed by atoms with Crippen molar-refractivity contribution in [2.24, 2.45) is 9.98 Å². The number of nitrogens with zero attached hydrogens (tertiary/aromatic N) is 2. The Labute approximate surface area is 186 Å². The fourth-order valence-corrected chi connectivity index (χ4v) is 3.58. The summed E-state index contributed by atoms with van der Waals surface area (Å²) in [5, 5.41) is 0. The highest BCUT2D eigenvalue weighted by molar-refractivity contribution is 5.64. The third-order valence-corrected chi connectivity index (χ3v) is 5.28. The molecule has 0 fully saturated rings. The van der Waals surface area contributed by atoms with Crippen LogP contribution in [0.1, 0.15) is 22.3 Å². The Morgan fingerprint density at radius 1 is 0.438 bits per heavy atom.